The maximum Gasteiger partial charge on any atom is 0.241 e. The predicted molar refractivity (Wildman–Crippen MR) is 51.3 cm³/mol. The minimum atomic E-state index is -0.172. The van der Waals surface area contributed by atoms with Crippen molar-refractivity contribution in [1.29, 1.82) is 0 Å². The zero-order chi connectivity index (χ0) is 9.45. The summed E-state index contributed by atoms with van der Waals surface area (Å²) >= 11 is 0. The number of nitrogens with zero attached hydrogens (tertiary/aromatic N) is 1. The van der Waals surface area contributed by atoms with Gasteiger partial charge in [-0.25, -0.2) is 0 Å². The van der Waals surface area contributed by atoms with E-state index >= 15 is 0 Å². The van der Waals surface area contributed by atoms with Crippen LogP contribution in [-0.4, -0.2) is 29.4 Å². The Hall–Kier alpha value is -0.570. The highest BCUT2D eigenvalue weighted by molar-refractivity contribution is 5.88. The SMILES string of the molecule is NC1CN(C2C3C4CCC(C4)C32)C1=O. The van der Waals surface area contributed by atoms with Crippen molar-refractivity contribution in [2.75, 3.05) is 6.54 Å². The van der Waals surface area contributed by atoms with Crippen LogP contribution in [0.4, 0.5) is 0 Å². The average molecular weight is 192 g/mol. The molecule has 0 aromatic rings. The van der Waals surface area contributed by atoms with E-state index in [2.05, 4.69) is 4.90 Å². The van der Waals surface area contributed by atoms with Crippen molar-refractivity contribution in [3.05, 3.63) is 0 Å². The summed E-state index contributed by atoms with van der Waals surface area (Å²) in [6, 6.07) is 0.447. The average Bonchev–Trinajstić information content (AvgIpc) is 2.61. The summed E-state index contributed by atoms with van der Waals surface area (Å²) in [7, 11) is 0. The number of likely N-dealkylation sites (tertiary alicyclic amines) is 1. The Morgan fingerprint density at radius 2 is 1.86 bits per heavy atom. The third-order valence-corrected chi connectivity index (χ3v) is 5.05. The molecule has 5 atom stereocenters. The molecule has 1 saturated heterocycles. The fourth-order valence-corrected chi connectivity index (χ4v) is 4.44. The van der Waals surface area contributed by atoms with Gasteiger partial charge >= 0.3 is 0 Å². The molecule has 2 bridgehead atoms. The maximum absolute atomic E-state index is 11.5. The molecule has 0 aromatic carbocycles. The van der Waals surface area contributed by atoms with Crippen molar-refractivity contribution >= 4 is 5.91 Å². The van der Waals surface area contributed by atoms with Crippen LogP contribution in [0.2, 0.25) is 0 Å². The Bertz CT molecular complexity index is 300. The second-order valence-corrected chi connectivity index (χ2v) is 5.58. The minimum Gasteiger partial charge on any atom is -0.336 e. The summed E-state index contributed by atoms with van der Waals surface area (Å²) in [6.07, 6.45) is 4.31. The minimum absolute atomic E-state index is 0.172. The lowest BCUT2D eigenvalue weighted by Crippen LogP contribution is -2.62. The van der Waals surface area contributed by atoms with Crippen LogP contribution in [-0.2, 0) is 4.79 Å². The van der Waals surface area contributed by atoms with Gasteiger partial charge in [0, 0.05) is 12.6 Å². The lowest BCUT2D eigenvalue weighted by molar-refractivity contribution is -0.144. The van der Waals surface area contributed by atoms with Gasteiger partial charge in [0.2, 0.25) is 5.91 Å². The Morgan fingerprint density at radius 3 is 2.36 bits per heavy atom. The highest BCUT2D eigenvalue weighted by Crippen LogP contribution is 2.67. The van der Waals surface area contributed by atoms with E-state index in [0.717, 1.165) is 30.2 Å². The molecule has 4 aliphatic rings. The van der Waals surface area contributed by atoms with Crippen molar-refractivity contribution in [3.8, 4) is 0 Å². The first kappa shape index (κ1) is 7.69. The molecule has 0 aromatic heterocycles. The number of fused-ring (bicyclic) bond motifs is 5. The van der Waals surface area contributed by atoms with E-state index in [1.807, 2.05) is 0 Å². The highest BCUT2D eigenvalue weighted by atomic mass is 16.2. The molecule has 76 valence electrons. The third kappa shape index (κ3) is 0.691. The van der Waals surface area contributed by atoms with Crippen LogP contribution in [0.1, 0.15) is 19.3 Å². The molecule has 4 fully saturated rings. The molecule has 4 rings (SSSR count). The summed E-state index contributed by atoms with van der Waals surface area (Å²) < 4.78 is 0. The molecule has 1 heterocycles. The zero-order valence-electron chi connectivity index (χ0n) is 8.23. The van der Waals surface area contributed by atoms with E-state index in [9.17, 15) is 4.79 Å². The molecule has 3 heteroatoms. The van der Waals surface area contributed by atoms with E-state index < -0.39 is 0 Å². The smallest absolute Gasteiger partial charge is 0.241 e. The topological polar surface area (TPSA) is 46.3 Å². The number of nitrogens with two attached hydrogens (primary N) is 1. The second kappa shape index (κ2) is 2.16. The molecule has 5 unspecified atom stereocenters. The van der Waals surface area contributed by atoms with Crippen molar-refractivity contribution in [2.24, 2.45) is 29.4 Å². The van der Waals surface area contributed by atoms with Crippen molar-refractivity contribution in [3.63, 3.8) is 0 Å². The van der Waals surface area contributed by atoms with Gasteiger partial charge in [-0.15, -0.1) is 0 Å². The maximum atomic E-state index is 11.5. The van der Waals surface area contributed by atoms with Gasteiger partial charge in [0.25, 0.3) is 0 Å². The molecule has 0 spiro atoms. The van der Waals surface area contributed by atoms with Crippen molar-refractivity contribution in [2.45, 2.75) is 31.3 Å². The number of β-lactam (4-membered cyclic amide) rings is 1. The number of carbonyl (C=O) groups excluding carboxylic acids is 1. The van der Waals surface area contributed by atoms with Crippen LogP contribution < -0.4 is 5.73 Å². The predicted octanol–water partition coefficient (Wildman–Crippen LogP) is 0.200. The zero-order valence-corrected chi connectivity index (χ0v) is 8.23. The molecule has 1 amide bonds. The summed E-state index contributed by atoms with van der Waals surface area (Å²) in [5.74, 6) is 3.89. The van der Waals surface area contributed by atoms with Gasteiger partial charge in [-0.3, -0.25) is 4.79 Å². The van der Waals surface area contributed by atoms with Gasteiger partial charge in [-0.05, 0) is 42.9 Å². The quantitative estimate of drug-likeness (QED) is 0.603. The molecule has 14 heavy (non-hydrogen) atoms. The number of amides is 1. The van der Waals surface area contributed by atoms with Crippen LogP contribution >= 0.6 is 0 Å². The molecule has 0 radical (unpaired) electrons. The Balaban J connectivity index is 1.54. The number of hydrogen-bond donors (Lipinski definition) is 1. The van der Waals surface area contributed by atoms with Crippen molar-refractivity contribution in [1.82, 2.24) is 4.90 Å². The molecule has 1 aliphatic heterocycles. The molecule has 3 saturated carbocycles. The molecule has 2 N–H and O–H groups in total. The summed E-state index contributed by atoms with van der Waals surface area (Å²) in [5, 5.41) is 0. The van der Waals surface area contributed by atoms with Gasteiger partial charge in [0.15, 0.2) is 0 Å². The highest BCUT2D eigenvalue weighted by Gasteiger charge is 2.68. The fraction of sp³-hybridized carbons (Fsp3) is 0.909. The number of hydrogen-bond acceptors (Lipinski definition) is 2. The molecular formula is C11H16N2O. The third-order valence-electron chi connectivity index (χ3n) is 5.05. The van der Waals surface area contributed by atoms with Gasteiger partial charge in [0.05, 0.1) is 0 Å². The van der Waals surface area contributed by atoms with E-state index in [0.29, 0.717) is 6.04 Å². The lowest BCUT2D eigenvalue weighted by atomic mass is 10.0. The molecule has 3 nitrogen and oxygen atoms in total. The van der Waals surface area contributed by atoms with Gasteiger partial charge in [-0.1, -0.05) is 0 Å². The summed E-state index contributed by atoms with van der Waals surface area (Å²) in [5.41, 5.74) is 5.62. The molecular weight excluding hydrogens is 176 g/mol. The Morgan fingerprint density at radius 1 is 1.21 bits per heavy atom. The van der Waals surface area contributed by atoms with E-state index in [4.69, 9.17) is 5.73 Å². The molecule has 3 aliphatic carbocycles. The van der Waals surface area contributed by atoms with Crippen LogP contribution in [0, 0.1) is 23.7 Å². The first-order chi connectivity index (χ1) is 6.77. The first-order valence-electron chi connectivity index (χ1n) is 5.83. The largest absolute Gasteiger partial charge is 0.336 e. The summed E-state index contributed by atoms with van der Waals surface area (Å²) in [4.78, 5) is 13.6. The van der Waals surface area contributed by atoms with Crippen LogP contribution in [0.15, 0.2) is 0 Å². The van der Waals surface area contributed by atoms with Crippen LogP contribution in [0.3, 0.4) is 0 Å². The number of carbonyl (C=O) groups is 1. The standard InChI is InChI=1S/C11H16N2O/c12-7-4-13(11(7)14)10-8-5-1-2-6(3-5)9(8)10/h5-10H,1-4,12H2. The monoisotopic (exact) mass is 192 g/mol. The second-order valence-electron chi connectivity index (χ2n) is 5.58. The van der Waals surface area contributed by atoms with Crippen LogP contribution in [0.5, 0.6) is 0 Å². The van der Waals surface area contributed by atoms with Crippen molar-refractivity contribution < 1.29 is 4.79 Å². The van der Waals surface area contributed by atoms with E-state index in [-0.39, 0.29) is 11.9 Å². The Kier molecular flexibility index (Phi) is 1.19. The normalized spacial score (nSPS) is 58.6. The van der Waals surface area contributed by atoms with Crippen LogP contribution in [0.25, 0.3) is 0 Å². The lowest BCUT2D eigenvalue weighted by Gasteiger charge is -2.38. The van der Waals surface area contributed by atoms with Gasteiger partial charge < -0.3 is 10.6 Å². The van der Waals surface area contributed by atoms with Gasteiger partial charge in [-0.2, -0.15) is 0 Å². The summed E-state index contributed by atoms with van der Waals surface area (Å²) in [6.45, 7) is 0.829. The fourth-order valence-electron chi connectivity index (χ4n) is 4.44. The van der Waals surface area contributed by atoms with E-state index in [1.54, 1.807) is 0 Å². The van der Waals surface area contributed by atoms with Gasteiger partial charge in [0.1, 0.15) is 6.04 Å². The Labute approximate surface area is 83.6 Å². The number of rotatable bonds is 1. The van der Waals surface area contributed by atoms with E-state index in [1.165, 1.54) is 19.3 Å². The first-order valence-corrected chi connectivity index (χ1v) is 5.83.